The molecule has 5 nitrogen and oxygen atoms in total. The van der Waals surface area contributed by atoms with Gasteiger partial charge in [0.1, 0.15) is 11.5 Å². The average molecular weight is 281 g/mol. The summed E-state index contributed by atoms with van der Waals surface area (Å²) in [6.07, 6.45) is 0.931. The van der Waals surface area contributed by atoms with Crippen molar-refractivity contribution in [3.8, 4) is 11.5 Å². The van der Waals surface area contributed by atoms with Gasteiger partial charge in [-0.15, -0.1) is 0 Å². The van der Waals surface area contributed by atoms with Gasteiger partial charge in [-0.1, -0.05) is 19.9 Å². The summed E-state index contributed by atoms with van der Waals surface area (Å²) in [5.74, 6) is 7.29. The van der Waals surface area contributed by atoms with Crippen molar-refractivity contribution in [2.75, 3.05) is 33.9 Å². The van der Waals surface area contributed by atoms with E-state index in [-0.39, 0.29) is 6.04 Å². The van der Waals surface area contributed by atoms with E-state index in [0.717, 1.165) is 43.1 Å². The summed E-state index contributed by atoms with van der Waals surface area (Å²) in [5.41, 5.74) is 3.94. The predicted molar refractivity (Wildman–Crippen MR) is 82.0 cm³/mol. The molecule has 0 radical (unpaired) electrons. The summed E-state index contributed by atoms with van der Waals surface area (Å²) < 4.78 is 10.7. The molecular formula is C15H27N3O2. The number of ether oxygens (including phenoxy) is 2. The van der Waals surface area contributed by atoms with Crippen LogP contribution in [0, 0.1) is 0 Å². The van der Waals surface area contributed by atoms with Crippen LogP contribution in [-0.4, -0.2) is 38.8 Å². The molecule has 0 saturated heterocycles. The van der Waals surface area contributed by atoms with Crippen molar-refractivity contribution >= 4 is 0 Å². The van der Waals surface area contributed by atoms with Crippen LogP contribution >= 0.6 is 0 Å². The van der Waals surface area contributed by atoms with E-state index in [1.54, 1.807) is 14.2 Å². The van der Waals surface area contributed by atoms with Crippen molar-refractivity contribution in [3.05, 3.63) is 23.8 Å². The van der Waals surface area contributed by atoms with Crippen molar-refractivity contribution in [1.29, 1.82) is 0 Å². The van der Waals surface area contributed by atoms with E-state index in [9.17, 15) is 0 Å². The summed E-state index contributed by atoms with van der Waals surface area (Å²) in [6, 6.07) is 5.89. The maximum absolute atomic E-state index is 5.71. The van der Waals surface area contributed by atoms with Gasteiger partial charge in [-0.2, -0.15) is 0 Å². The van der Waals surface area contributed by atoms with Crippen molar-refractivity contribution in [1.82, 2.24) is 10.3 Å². The van der Waals surface area contributed by atoms with Gasteiger partial charge < -0.3 is 14.4 Å². The summed E-state index contributed by atoms with van der Waals surface area (Å²) in [5, 5.41) is 0. The molecule has 0 aliphatic heterocycles. The van der Waals surface area contributed by atoms with Crippen molar-refractivity contribution in [2.45, 2.75) is 26.3 Å². The Labute approximate surface area is 122 Å². The second-order valence-electron chi connectivity index (χ2n) is 4.64. The van der Waals surface area contributed by atoms with Gasteiger partial charge in [-0.25, -0.2) is 0 Å². The minimum absolute atomic E-state index is 0.0662. The van der Waals surface area contributed by atoms with Crippen LogP contribution in [0.2, 0.25) is 0 Å². The van der Waals surface area contributed by atoms with Gasteiger partial charge in [0.2, 0.25) is 0 Å². The second-order valence-corrected chi connectivity index (χ2v) is 4.64. The molecular weight excluding hydrogens is 254 g/mol. The molecule has 0 fully saturated rings. The van der Waals surface area contributed by atoms with Crippen LogP contribution in [0.5, 0.6) is 11.5 Å². The largest absolute Gasteiger partial charge is 0.497 e. The standard InChI is InChI=1S/C15H27N3O2/c1-5-18(6-2)10-9-14(17-16)13-8-7-12(19-3)11-15(13)20-4/h7-8,11,14,17H,5-6,9-10,16H2,1-4H3. The zero-order valence-corrected chi connectivity index (χ0v) is 13.0. The molecule has 0 saturated carbocycles. The van der Waals surface area contributed by atoms with Crippen LogP contribution < -0.4 is 20.7 Å². The normalized spacial score (nSPS) is 12.5. The Balaban J connectivity index is 2.83. The lowest BCUT2D eigenvalue weighted by Gasteiger charge is -2.24. The Kier molecular flexibility index (Phi) is 7.36. The topological polar surface area (TPSA) is 59.8 Å². The van der Waals surface area contributed by atoms with Crippen molar-refractivity contribution in [3.63, 3.8) is 0 Å². The fraction of sp³-hybridized carbons (Fsp3) is 0.600. The molecule has 1 aromatic carbocycles. The fourth-order valence-corrected chi connectivity index (χ4v) is 2.29. The molecule has 1 atom stereocenters. The first kappa shape index (κ1) is 16.8. The van der Waals surface area contributed by atoms with E-state index in [4.69, 9.17) is 15.3 Å². The molecule has 0 amide bonds. The van der Waals surface area contributed by atoms with Gasteiger partial charge in [-0.3, -0.25) is 11.3 Å². The zero-order chi connectivity index (χ0) is 15.0. The number of nitrogens with one attached hydrogen (secondary N) is 1. The third-order valence-corrected chi connectivity index (χ3v) is 3.65. The zero-order valence-electron chi connectivity index (χ0n) is 13.0. The lowest BCUT2D eigenvalue weighted by Crippen LogP contribution is -2.33. The monoisotopic (exact) mass is 281 g/mol. The van der Waals surface area contributed by atoms with Crippen molar-refractivity contribution < 1.29 is 9.47 Å². The number of nitrogens with two attached hydrogens (primary N) is 1. The number of nitrogens with zero attached hydrogens (tertiary/aromatic N) is 1. The lowest BCUT2D eigenvalue weighted by atomic mass is 10.0. The van der Waals surface area contributed by atoms with Crippen LogP contribution in [-0.2, 0) is 0 Å². The molecule has 0 aliphatic carbocycles. The molecule has 0 spiro atoms. The Morgan fingerprint density at radius 2 is 1.90 bits per heavy atom. The Hall–Kier alpha value is -1.30. The van der Waals surface area contributed by atoms with E-state index >= 15 is 0 Å². The molecule has 5 heteroatoms. The van der Waals surface area contributed by atoms with E-state index < -0.39 is 0 Å². The first-order valence-electron chi connectivity index (χ1n) is 7.10. The highest BCUT2D eigenvalue weighted by Gasteiger charge is 2.16. The lowest BCUT2D eigenvalue weighted by molar-refractivity contribution is 0.280. The minimum atomic E-state index is 0.0662. The van der Waals surface area contributed by atoms with E-state index in [1.807, 2.05) is 18.2 Å². The second kappa shape index (κ2) is 8.79. The summed E-state index contributed by atoms with van der Waals surface area (Å²) in [6.45, 7) is 7.43. The number of methoxy groups -OCH3 is 2. The SMILES string of the molecule is CCN(CC)CCC(NN)c1ccc(OC)cc1OC. The first-order chi connectivity index (χ1) is 9.69. The highest BCUT2D eigenvalue weighted by molar-refractivity contribution is 5.42. The van der Waals surface area contributed by atoms with Crippen LogP contribution in [0.4, 0.5) is 0 Å². The predicted octanol–water partition coefficient (Wildman–Crippen LogP) is 1.94. The van der Waals surface area contributed by atoms with Gasteiger partial charge in [0.25, 0.3) is 0 Å². The molecule has 3 N–H and O–H groups in total. The van der Waals surface area contributed by atoms with Crippen LogP contribution in [0.1, 0.15) is 31.9 Å². The van der Waals surface area contributed by atoms with Gasteiger partial charge in [0.15, 0.2) is 0 Å². The Morgan fingerprint density at radius 1 is 1.20 bits per heavy atom. The van der Waals surface area contributed by atoms with Crippen molar-refractivity contribution in [2.24, 2.45) is 5.84 Å². The van der Waals surface area contributed by atoms with Gasteiger partial charge >= 0.3 is 0 Å². The number of rotatable bonds is 9. The third kappa shape index (κ3) is 4.37. The van der Waals surface area contributed by atoms with Gasteiger partial charge in [-0.05, 0) is 32.1 Å². The van der Waals surface area contributed by atoms with E-state index in [2.05, 4.69) is 24.2 Å². The molecule has 1 rings (SSSR count). The number of hydrogen-bond acceptors (Lipinski definition) is 5. The molecule has 114 valence electrons. The summed E-state index contributed by atoms with van der Waals surface area (Å²) >= 11 is 0. The summed E-state index contributed by atoms with van der Waals surface area (Å²) in [7, 11) is 3.31. The average Bonchev–Trinajstić information content (AvgIpc) is 2.51. The highest BCUT2D eigenvalue weighted by Crippen LogP contribution is 2.30. The molecule has 1 aromatic rings. The Bertz CT molecular complexity index is 395. The van der Waals surface area contributed by atoms with Crippen LogP contribution in [0.3, 0.4) is 0 Å². The summed E-state index contributed by atoms with van der Waals surface area (Å²) in [4.78, 5) is 2.38. The minimum Gasteiger partial charge on any atom is -0.497 e. The maximum atomic E-state index is 5.71. The molecule has 0 heterocycles. The smallest absolute Gasteiger partial charge is 0.127 e. The highest BCUT2D eigenvalue weighted by atomic mass is 16.5. The first-order valence-corrected chi connectivity index (χ1v) is 7.10. The Morgan fingerprint density at radius 3 is 2.40 bits per heavy atom. The van der Waals surface area contributed by atoms with Crippen LogP contribution in [0.25, 0.3) is 0 Å². The van der Waals surface area contributed by atoms with Crippen LogP contribution in [0.15, 0.2) is 18.2 Å². The number of hydrazine groups is 1. The molecule has 0 aromatic heterocycles. The molecule has 0 aliphatic rings. The van der Waals surface area contributed by atoms with E-state index in [1.165, 1.54) is 0 Å². The molecule has 1 unspecified atom stereocenters. The molecule has 20 heavy (non-hydrogen) atoms. The quantitative estimate of drug-likeness (QED) is 0.535. The van der Waals surface area contributed by atoms with E-state index in [0.29, 0.717) is 0 Å². The fourth-order valence-electron chi connectivity index (χ4n) is 2.29. The van der Waals surface area contributed by atoms with Gasteiger partial charge in [0, 0.05) is 11.6 Å². The molecule has 0 bridgehead atoms. The third-order valence-electron chi connectivity index (χ3n) is 3.65. The number of benzene rings is 1. The maximum Gasteiger partial charge on any atom is 0.127 e. The van der Waals surface area contributed by atoms with Gasteiger partial charge in [0.05, 0.1) is 20.3 Å². The number of hydrogen-bond donors (Lipinski definition) is 2.